The van der Waals surface area contributed by atoms with Crippen LogP contribution in [0.3, 0.4) is 0 Å². The molecule has 1 heterocycles. The number of carbonyl (C=O) groups is 5. The second-order valence-electron chi connectivity index (χ2n) is 12.8. The van der Waals surface area contributed by atoms with E-state index in [-0.39, 0.29) is 59.8 Å². The molecule has 0 bridgehead atoms. The number of carbonyl (C=O) groups excluding carboxylic acids is 5. The third-order valence-electron chi connectivity index (χ3n) is 9.38. The zero-order valence-corrected chi connectivity index (χ0v) is 29.7. The summed E-state index contributed by atoms with van der Waals surface area (Å²) in [6, 6.07) is 3.68. The summed E-state index contributed by atoms with van der Waals surface area (Å²) in [5.74, 6) is -5.24. The first kappa shape index (κ1) is 40.6. The number of aromatic hydroxyl groups is 2. The molecule has 3 aliphatic rings. The summed E-state index contributed by atoms with van der Waals surface area (Å²) in [6.45, 7) is 3.17. The van der Waals surface area contributed by atoms with E-state index in [4.69, 9.17) is 23.7 Å². The summed E-state index contributed by atoms with van der Waals surface area (Å²) in [7, 11) is 1.31. The van der Waals surface area contributed by atoms with E-state index in [0.29, 0.717) is 6.42 Å². The number of phenols is 2. The second-order valence-corrected chi connectivity index (χ2v) is 12.8. The van der Waals surface area contributed by atoms with Crippen molar-refractivity contribution in [1.82, 2.24) is 5.32 Å². The van der Waals surface area contributed by atoms with Crippen LogP contribution in [0.2, 0.25) is 0 Å². The maximum atomic E-state index is 13.9. The minimum atomic E-state index is -2.31. The number of Topliss-reactive ketones (excluding diaryl/α,β-unsaturated/α-hetero) is 1. The molecule has 17 heteroatoms. The highest BCUT2D eigenvalue weighted by Crippen LogP contribution is 2.52. The highest BCUT2D eigenvalue weighted by atomic mass is 35.5. The van der Waals surface area contributed by atoms with E-state index in [1.165, 1.54) is 39.2 Å². The number of rotatable bonds is 12. The van der Waals surface area contributed by atoms with Crippen LogP contribution in [0.25, 0.3) is 0 Å². The molecule has 52 heavy (non-hydrogen) atoms. The molecule has 2 aromatic carbocycles. The molecule has 6 N–H and O–H groups in total. The van der Waals surface area contributed by atoms with Crippen LogP contribution < -0.4 is 10.1 Å². The van der Waals surface area contributed by atoms with Crippen LogP contribution >= 0.6 is 12.4 Å². The van der Waals surface area contributed by atoms with Gasteiger partial charge in [-0.3, -0.25) is 24.0 Å². The largest absolute Gasteiger partial charge is 0.507 e. The van der Waals surface area contributed by atoms with Crippen molar-refractivity contribution >= 4 is 41.7 Å². The molecule has 0 amide bonds. The van der Waals surface area contributed by atoms with Crippen LogP contribution in [-0.2, 0) is 39.8 Å². The first-order chi connectivity index (χ1) is 24.1. The maximum Gasteiger partial charge on any atom is 0.305 e. The normalized spacial score (nSPS) is 25.0. The number of aliphatic hydroxyl groups excluding tert-OH is 2. The standard InChI is InChI=1S/C35H41NO15.ClH/c1-15-30(41)20(36-10-6-9-24(49-16(2)38)50-17(3)39)11-25(48-15)51-22-13-35(46,23(40)14-37)12-19-27(22)34(45)29-28(32(19)43)31(42)18-7-5-8-21(47-4)26(18)33(29)44;/h5,7-8,15,20,22,24-25,30,36-37,41,43,45-46H,6,9-14H2,1-4H3;1H/t15?,20?,22?,25?,30?,35-;/m0./s1. The highest BCUT2D eigenvalue weighted by molar-refractivity contribution is 6.31. The van der Waals surface area contributed by atoms with E-state index < -0.39 is 114 Å². The summed E-state index contributed by atoms with van der Waals surface area (Å²) in [5.41, 5.74) is -3.92. The van der Waals surface area contributed by atoms with E-state index in [9.17, 15) is 49.5 Å². The summed E-state index contributed by atoms with van der Waals surface area (Å²) in [6.07, 6.45) is -6.12. The van der Waals surface area contributed by atoms with E-state index in [2.05, 4.69) is 5.32 Å². The topological polar surface area (TPSA) is 245 Å². The molecule has 1 aliphatic heterocycles. The lowest BCUT2D eigenvalue weighted by atomic mass is 9.72. The van der Waals surface area contributed by atoms with Crippen LogP contribution in [0, 0.1) is 0 Å². The van der Waals surface area contributed by atoms with Crippen LogP contribution in [0.5, 0.6) is 17.2 Å². The van der Waals surface area contributed by atoms with Gasteiger partial charge in [0, 0.05) is 62.3 Å². The number of phenolic OH excluding ortho intramolecular Hbond substituents is 2. The lowest BCUT2D eigenvalue weighted by Crippen LogP contribution is -2.54. The number of benzene rings is 2. The first-order valence-electron chi connectivity index (χ1n) is 16.4. The average molecular weight is 752 g/mol. The molecule has 2 aromatic rings. The predicted octanol–water partition coefficient (Wildman–Crippen LogP) is 1.29. The predicted molar refractivity (Wildman–Crippen MR) is 179 cm³/mol. The fraction of sp³-hybridized carbons (Fsp3) is 0.514. The van der Waals surface area contributed by atoms with E-state index in [1.807, 2.05) is 0 Å². The van der Waals surface area contributed by atoms with Crippen LogP contribution in [0.4, 0.5) is 0 Å². The van der Waals surface area contributed by atoms with E-state index in [0.717, 1.165) is 0 Å². The van der Waals surface area contributed by atoms with Crippen molar-refractivity contribution in [3.63, 3.8) is 0 Å². The maximum absolute atomic E-state index is 13.9. The summed E-state index contributed by atoms with van der Waals surface area (Å²) < 4.78 is 27.5. The lowest BCUT2D eigenvalue weighted by molar-refractivity contribution is -0.249. The Morgan fingerprint density at radius 3 is 2.31 bits per heavy atom. The number of halogens is 1. The van der Waals surface area contributed by atoms with Gasteiger partial charge < -0.3 is 54.5 Å². The van der Waals surface area contributed by atoms with Gasteiger partial charge in [-0.05, 0) is 26.0 Å². The van der Waals surface area contributed by atoms with Gasteiger partial charge >= 0.3 is 11.9 Å². The third kappa shape index (κ3) is 7.78. The van der Waals surface area contributed by atoms with Crippen molar-refractivity contribution in [2.45, 2.75) is 95.4 Å². The minimum absolute atomic E-state index is 0. The Morgan fingerprint density at radius 2 is 1.69 bits per heavy atom. The molecule has 0 spiro atoms. The summed E-state index contributed by atoms with van der Waals surface area (Å²) in [4.78, 5) is 63.2. The average Bonchev–Trinajstić information content (AvgIpc) is 3.07. The molecule has 6 atom stereocenters. The van der Waals surface area contributed by atoms with Gasteiger partial charge in [-0.25, -0.2) is 0 Å². The third-order valence-corrected chi connectivity index (χ3v) is 9.38. The van der Waals surface area contributed by atoms with Gasteiger partial charge in [0.15, 0.2) is 17.9 Å². The van der Waals surface area contributed by atoms with Crippen molar-refractivity contribution in [2.75, 3.05) is 20.3 Å². The number of fused-ring (bicyclic) bond motifs is 3. The molecular formula is C35H42ClNO15. The number of nitrogens with one attached hydrogen (secondary N) is 1. The zero-order valence-electron chi connectivity index (χ0n) is 28.9. The van der Waals surface area contributed by atoms with E-state index in [1.54, 1.807) is 6.92 Å². The molecule has 0 radical (unpaired) electrons. The Bertz CT molecular complexity index is 1730. The molecule has 284 valence electrons. The number of aliphatic hydroxyl groups is 3. The Morgan fingerprint density at radius 1 is 1.04 bits per heavy atom. The Hall–Kier alpha value is -4.16. The lowest BCUT2D eigenvalue weighted by Gasteiger charge is -2.43. The molecule has 5 rings (SSSR count). The van der Waals surface area contributed by atoms with Gasteiger partial charge in [-0.15, -0.1) is 12.4 Å². The van der Waals surface area contributed by atoms with Gasteiger partial charge in [0.1, 0.15) is 29.5 Å². The molecule has 0 saturated carbocycles. The van der Waals surface area contributed by atoms with Crippen molar-refractivity contribution in [1.29, 1.82) is 0 Å². The molecule has 5 unspecified atom stereocenters. The zero-order chi connectivity index (χ0) is 37.4. The van der Waals surface area contributed by atoms with Gasteiger partial charge in [0.05, 0.1) is 42.1 Å². The van der Waals surface area contributed by atoms with Gasteiger partial charge in [0.25, 0.3) is 0 Å². The first-order valence-corrected chi connectivity index (χ1v) is 16.4. The van der Waals surface area contributed by atoms with Gasteiger partial charge in [0.2, 0.25) is 12.1 Å². The van der Waals surface area contributed by atoms with Crippen molar-refractivity contribution in [2.24, 2.45) is 0 Å². The molecule has 16 nitrogen and oxygen atoms in total. The molecule has 2 aliphatic carbocycles. The molecular weight excluding hydrogens is 710 g/mol. The summed E-state index contributed by atoms with van der Waals surface area (Å²) >= 11 is 0. The smallest absolute Gasteiger partial charge is 0.305 e. The second kappa shape index (κ2) is 16.2. The van der Waals surface area contributed by atoms with Crippen LogP contribution in [-0.4, -0.2) is 112 Å². The van der Waals surface area contributed by atoms with Crippen molar-refractivity contribution < 1.29 is 73.2 Å². The molecule has 0 aromatic heterocycles. The van der Waals surface area contributed by atoms with Crippen molar-refractivity contribution in [3.8, 4) is 17.2 Å². The molecule has 1 fully saturated rings. The van der Waals surface area contributed by atoms with E-state index >= 15 is 0 Å². The monoisotopic (exact) mass is 751 g/mol. The Labute approximate surface area is 304 Å². The Kier molecular flexibility index (Phi) is 12.7. The fourth-order valence-electron chi connectivity index (χ4n) is 6.99. The van der Waals surface area contributed by atoms with Crippen LogP contribution in [0.1, 0.15) is 95.5 Å². The number of ether oxygens (including phenoxy) is 5. The number of esters is 2. The fourth-order valence-corrected chi connectivity index (χ4v) is 6.99. The number of hydrogen-bond acceptors (Lipinski definition) is 16. The van der Waals surface area contributed by atoms with Crippen molar-refractivity contribution in [3.05, 3.63) is 51.6 Å². The molecule has 1 saturated heterocycles. The number of hydrogen-bond donors (Lipinski definition) is 6. The summed E-state index contributed by atoms with van der Waals surface area (Å²) in [5, 5.41) is 58.5. The van der Waals surface area contributed by atoms with Crippen LogP contribution in [0.15, 0.2) is 18.2 Å². The SMILES string of the molecule is COc1cccc2c1C(=O)c1c(O)c3c(c(O)c1C2=O)C[C@@](O)(C(=O)CO)CC3OC1CC(NCCCC(OC(C)=O)OC(C)=O)C(O)C(C)O1.Cl. The minimum Gasteiger partial charge on any atom is -0.507 e. The Balaban J connectivity index is 0.00000605. The number of methoxy groups -OCH3 is 1. The highest BCUT2D eigenvalue weighted by Gasteiger charge is 2.50. The number of ketones is 3. The van der Waals surface area contributed by atoms with Gasteiger partial charge in [-0.1, -0.05) is 12.1 Å². The van der Waals surface area contributed by atoms with Gasteiger partial charge in [-0.2, -0.15) is 0 Å². The quantitative estimate of drug-likeness (QED) is 0.0661.